The summed E-state index contributed by atoms with van der Waals surface area (Å²) >= 11 is 0. The molecular formula is C26H29N3O4. The number of amides is 2. The molecule has 3 rings (SSSR count). The van der Waals surface area contributed by atoms with Gasteiger partial charge in [-0.1, -0.05) is 36.4 Å². The molecule has 3 N–H and O–H groups in total. The van der Waals surface area contributed by atoms with Gasteiger partial charge in [-0.25, -0.2) is 0 Å². The minimum absolute atomic E-state index is 0.0348. The number of carbonyl (C=O) groups excluding carboxylic acids is 2. The van der Waals surface area contributed by atoms with Crippen LogP contribution in [0.3, 0.4) is 0 Å². The number of rotatable bonds is 12. The van der Waals surface area contributed by atoms with Gasteiger partial charge in [0.2, 0.25) is 11.8 Å². The van der Waals surface area contributed by atoms with Crippen molar-refractivity contribution in [1.29, 1.82) is 0 Å². The van der Waals surface area contributed by atoms with Gasteiger partial charge in [-0.05, 0) is 48.4 Å². The lowest BCUT2D eigenvalue weighted by Gasteiger charge is -2.11. The second-order valence-corrected chi connectivity index (χ2v) is 7.38. The summed E-state index contributed by atoms with van der Waals surface area (Å²) in [5.41, 5.74) is 3.29. The average Bonchev–Trinajstić information content (AvgIpc) is 2.83. The number of hydrogen-bond donors (Lipinski definition) is 3. The molecule has 0 unspecified atom stereocenters. The van der Waals surface area contributed by atoms with Gasteiger partial charge in [0.1, 0.15) is 12.4 Å². The molecule has 0 saturated heterocycles. The Morgan fingerprint density at radius 3 is 2.24 bits per heavy atom. The molecule has 0 fully saturated rings. The third-order valence-corrected chi connectivity index (χ3v) is 4.78. The van der Waals surface area contributed by atoms with Crippen LogP contribution in [0.4, 0.5) is 17.1 Å². The van der Waals surface area contributed by atoms with Crippen molar-refractivity contribution in [3.63, 3.8) is 0 Å². The number of methoxy groups -OCH3 is 1. The van der Waals surface area contributed by atoms with Crippen LogP contribution >= 0.6 is 0 Å². The number of anilines is 3. The Hall–Kier alpha value is -3.84. The van der Waals surface area contributed by atoms with E-state index in [-0.39, 0.29) is 18.4 Å². The highest BCUT2D eigenvalue weighted by Crippen LogP contribution is 2.18. The van der Waals surface area contributed by atoms with E-state index in [0.717, 1.165) is 11.3 Å². The van der Waals surface area contributed by atoms with Gasteiger partial charge in [0.05, 0.1) is 13.2 Å². The molecular weight excluding hydrogens is 418 g/mol. The van der Waals surface area contributed by atoms with Crippen LogP contribution < -0.4 is 20.7 Å². The van der Waals surface area contributed by atoms with E-state index in [0.29, 0.717) is 43.2 Å². The summed E-state index contributed by atoms with van der Waals surface area (Å²) in [6, 6.07) is 24.4. The highest BCUT2D eigenvalue weighted by atomic mass is 16.5. The van der Waals surface area contributed by atoms with Crippen molar-refractivity contribution in [1.82, 2.24) is 0 Å². The lowest BCUT2D eigenvalue weighted by Crippen LogP contribution is -2.21. The molecule has 0 aromatic heterocycles. The Kier molecular flexibility index (Phi) is 9.29. The first-order chi connectivity index (χ1) is 16.1. The maximum absolute atomic E-state index is 12.3. The van der Waals surface area contributed by atoms with Gasteiger partial charge in [0.25, 0.3) is 0 Å². The minimum Gasteiger partial charge on any atom is -0.491 e. The van der Waals surface area contributed by atoms with Crippen LogP contribution in [0.25, 0.3) is 0 Å². The largest absolute Gasteiger partial charge is 0.491 e. The van der Waals surface area contributed by atoms with Crippen molar-refractivity contribution in [2.45, 2.75) is 12.8 Å². The Bertz CT molecular complexity index is 1020. The van der Waals surface area contributed by atoms with Gasteiger partial charge in [-0.2, -0.15) is 0 Å². The molecule has 0 heterocycles. The van der Waals surface area contributed by atoms with Crippen molar-refractivity contribution in [2.24, 2.45) is 0 Å². The fourth-order valence-electron chi connectivity index (χ4n) is 3.09. The predicted octanol–water partition coefficient (Wildman–Crippen LogP) is 4.33. The zero-order valence-electron chi connectivity index (χ0n) is 18.7. The summed E-state index contributed by atoms with van der Waals surface area (Å²) in [6.07, 6.45) is 1.12. The quantitative estimate of drug-likeness (QED) is 0.360. The molecule has 0 saturated carbocycles. The number of aryl methyl sites for hydroxylation is 1. The topological polar surface area (TPSA) is 88.7 Å². The van der Waals surface area contributed by atoms with E-state index in [1.165, 1.54) is 0 Å². The molecule has 2 amide bonds. The van der Waals surface area contributed by atoms with Gasteiger partial charge in [0, 0.05) is 36.7 Å². The fraction of sp³-hybridized carbons (Fsp3) is 0.231. The Labute approximate surface area is 194 Å². The van der Waals surface area contributed by atoms with Crippen molar-refractivity contribution >= 4 is 28.9 Å². The normalized spacial score (nSPS) is 10.3. The van der Waals surface area contributed by atoms with Crippen LogP contribution in [-0.2, 0) is 20.7 Å². The molecule has 0 bridgehead atoms. The number of benzene rings is 3. The molecule has 3 aromatic carbocycles. The Morgan fingerprint density at radius 1 is 0.758 bits per heavy atom. The summed E-state index contributed by atoms with van der Waals surface area (Å²) < 4.78 is 10.5. The number of nitrogens with one attached hydrogen (secondary N) is 3. The molecule has 33 heavy (non-hydrogen) atoms. The van der Waals surface area contributed by atoms with Gasteiger partial charge in [-0.15, -0.1) is 0 Å². The molecule has 7 heteroatoms. The Balaban J connectivity index is 1.40. The summed E-state index contributed by atoms with van der Waals surface area (Å²) in [4.78, 5) is 24.4. The molecule has 0 aliphatic heterocycles. The monoisotopic (exact) mass is 447 g/mol. The first kappa shape index (κ1) is 23.8. The lowest BCUT2D eigenvalue weighted by molar-refractivity contribution is -0.116. The SMILES string of the molecule is COCCOc1cccc(NC(=O)CNc2ccc(NC(=O)CCc3ccccc3)cc2)c1. The molecule has 7 nitrogen and oxygen atoms in total. The standard InChI is InChI=1S/C26H29N3O4/c1-32-16-17-33-24-9-5-8-23(18-24)29-26(31)19-27-21-11-13-22(14-12-21)28-25(30)15-10-20-6-3-2-4-7-20/h2-9,11-14,18,27H,10,15-17,19H2,1H3,(H,28,30)(H,29,31). The van der Waals surface area contributed by atoms with Crippen molar-refractivity contribution in [3.05, 3.63) is 84.4 Å². The van der Waals surface area contributed by atoms with Gasteiger partial charge in [0.15, 0.2) is 0 Å². The fourth-order valence-corrected chi connectivity index (χ4v) is 3.09. The second-order valence-electron chi connectivity index (χ2n) is 7.38. The van der Waals surface area contributed by atoms with Crippen LogP contribution in [0.2, 0.25) is 0 Å². The van der Waals surface area contributed by atoms with Crippen LogP contribution in [0.15, 0.2) is 78.9 Å². The summed E-state index contributed by atoms with van der Waals surface area (Å²) in [5, 5.41) is 8.81. The third-order valence-electron chi connectivity index (χ3n) is 4.78. The number of carbonyl (C=O) groups is 2. The van der Waals surface area contributed by atoms with Crippen molar-refractivity contribution in [3.8, 4) is 5.75 Å². The minimum atomic E-state index is -0.178. The molecule has 0 radical (unpaired) electrons. The molecule has 0 spiro atoms. The van der Waals surface area contributed by atoms with Crippen LogP contribution in [0.5, 0.6) is 5.75 Å². The Morgan fingerprint density at radius 2 is 1.48 bits per heavy atom. The smallest absolute Gasteiger partial charge is 0.243 e. The zero-order chi connectivity index (χ0) is 23.3. The van der Waals surface area contributed by atoms with Crippen LogP contribution in [0.1, 0.15) is 12.0 Å². The molecule has 0 atom stereocenters. The van der Waals surface area contributed by atoms with Gasteiger partial charge < -0.3 is 25.4 Å². The summed E-state index contributed by atoms with van der Waals surface area (Å²) in [6.45, 7) is 1.05. The second kappa shape index (κ2) is 12.9. The maximum atomic E-state index is 12.3. The van der Waals surface area contributed by atoms with Crippen LogP contribution in [-0.4, -0.2) is 38.7 Å². The van der Waals surface area contributed by atoms with Gasteiger partial charge in [-0.3, -0.25) is 9.59 Å². The van der Waals surface area contributed by atoms with Gasteiger partial charge >= 0.3 is 0 Å². The van der Waals surface area contributed by atoms with E-state index >= 15 is 0 Å². The molecule has 0 aliphatic rings. The van der Waals surface area contributed by atoms with Crippen molar-refractivity contribution < 1.29 is 19.1 Å². The zero-order valence-corrected chi connectivity index (χ0v) is 18.7. The third kappa shape index (κ3) is 8.66. The van der Waals surface area contributed by atoms with Crippen LogP contribution in [0, 0.1) is 0 Å². The summed E-state index contributed by atoms with van der Waals surface area (Å²) in [5.74, 6) is 0.453. The highest BCUT2D eigenvalue weighted by molar-refractivity contribution is 5.94. The lowest BCUT2D eigenvalue weighted by atomic mass is 10.1. The first-order valence-electron chi connectivity index (χ1n) is 10.8. The molecule has 0 aliphatic carbocycles. The summed E-state index contributed by atoms with van der Waals surface area (Å²) in [7, 11) is 1.61. The van der Waals surface area contributed by atoms with E-state index in [1.807, 2.05) is 66.7 Å². The first-order valence-corrected chi connectivity index (χ1v) is 10.8. The van der Waals surface area contributed by atoms with Crippen molar-refractivity contribution in [2.75, 3.05) is 42.8 Å². The van der Waals surface area contributed by atoms with E-state index in [1.54, 1.807) is 19.2 Å². The van der Waals surface area contributed by atoms with E-state index in [9.17, 15) is 9.59 Å². The highest BCUT2D eigenvalue weighted by Gasteiger charge is 2.06. The molecule has 3 aromatic rings. The number of hydrogen-bond acceptors (Lipinski definition) is 5. The van der Waals surface area contributed by atoms with E-state index in [2.05, 4.69) is 16.0 Å². The maximum Gasteiger partial charge on any atom is 0.243 e. The van der Waals surface area contributed by atoms with E-state index in [4.69, 9.17) is 9.47 Å². The average molecular weight is 448 g/mol. The predicted molar refractivity (Wildman–Crippen MR) is 131 cm³/mol. The van der Waals surface area contributed by atoms with E-state index < -0.39 is 0 Å². The number of ether oxygens (including phenoxy) is 2. The molecule has 172 valence electrons.